The normalized spacial score (nSPS) is 16.5. The van der Waals surface area contributed by atoms with Crippen molar-refractivity contribution in [2.45, 2.75) is 188 Å². The SMILES string of the molecule is CC(C)(C)OC(=O)n1c(=O)n(C(=O)OC(C)(C)C)c2cc(B3OC(C)(C)C(C)(C)O3)ccc21.COc1ccc(CC2C(=O)C(Cc3ccccc3Cl)NC(=O)c3cc(F)ccc32)cc1.COc1ccc(CN2C(=O)C(Cc3ccccc3Cl)N=C(c3ccc4c(c3)n(C(=O)OC(C)(C)C)c(=O)n4C(=O)OC(C)(C)C)c3cc(F)ccc32)cc1. The first-order valence-electron chi connectivity index (χ1n) is 38.1. The van der Waals surface area contributed by atoms with Gasteiger partial charge < -0.3 is 47.9 Å². The van der Waals surface area contributed by atoms with Crippen LogP contribution in [0.3, 0.4) is 0 Å². The van der Waals surface area contributed by atoms with Gasteiger partial charge in [-0.25, -0.2) is 37.5 Å². The topological polar surface area (TPSA) is 275 Å². The second-order valence-corrected chi connectivity index (χ2v) is 34.5. The maximum Gasteiger partial charge on any atom is 0.494 e. The fraction of sp³-hybridized carbons (Fsp3) is 0.348. The number of nitrogens with one attached hydrogen (secondary N) is 1. The number of carbonyl (C=O) groups excluding carboxylic acids is 7. The third-order valence-electron chi connectivity index (χ3n) is 19.6. The van der Waals surface area contributed by atoms with Crippen molar-refractivity contribution in [1.29, 1.82) is 0 Å². The number of fused-ring (bicyclic) bond motifs is 4. The van der Waals surface area contributed by atoms with Gasteiger partial charge in [0.15, 0.2) is 5.78 Å². The molecule has 10 aromatic rings. The average molecular weight is 1650 g/mol. The number of aromatic nitrogens is 4. The Bertz CT molecular complexity index is 5710. The summed E-state index contributed by atoms with van der Waals surface area (Å²) in [4.78, 5) is 128. The van der Waals surface area contributed by atoms with E-state index in [1.54, 1.807) is 163 Å². The zero-order valence-corrected chi connectivity index (χ0v) is 70.5. The van der Waals surface area contributed by atoms with Gasteiger partial charge in [-0.15, -0.1) is 0 Å². The molecule has 13 rings (SSSR count). The Morgan fingerprint density at radius 2 is 0.932 bits per heavy atom. The number of hydrogen-bond donors (Lipinski definition) is 1. The van der Waals surface area contributed by atoms with Crippen molar-refractivity contribution in [1.82, 2.24) is 23.6 Å². The number of methoxy groups -OCH3 is 2. The van der Waals surface area contributed by atoms with Gasteiger partial charge in [-0.1, -0.05) is 102 Å². The quantitative estimate of drug-likeness (QED) is 0.0879. The van der Waals surface area contributed by atoms with Gasteiger partial charge in [0.2, 0.25) is 0 Å². The van der Waals surface area contributed by atoms with Crippen LogP contribution in [0, 0.1) is 11.6 Å². The number of ether oxygens (including phenoxy) is 6. The Hall–Kier alpha value is -11.5. The Labute approximate surface area is 692 Å². The van der Waals surface area contributed by atoms with E-state index in [2.05, 4.69) is 5.32 Å². The Balaban J connectivity index is 0.000000184. The van der Waals surface area contributed by atoms with Gasteiger partial charge in [-0.05, 0) is 241 Å². The smallest absolute Gasteiger partial charge is 0.494 e. The van der Waals surface area contributed by atoms with Crippen LogP contribution in [-0.4, -0.2) is 133 Å². The van der Waals surface area contributed by atoms with E-state index in [9.17, 15) is 47.5 Å². The lowest BCUT2D eigenvalue weighted by Gasteiger charge is -2.32. The van der Waals surface area contributed by atoms with Gasteiger partial charge in [0.25, 0.3) is 11.8 Å². The highest BCUT2D eigenvalue weighted by Crippen LogP contribution is 2.39. The number of imidazole rings is 2. The van der Waals surface area contributed by atoms with Crippen LogP contribution in [0.4, 0.5) is 33.6 Å². The molecule has 0 spiro atoms. The predicted octanol–water partition coefficient (Wildman–Crippen LogP) is 16.6. The van der Waals surface area contributed by atoms with Crippen molar-refractivity contribution < 1.29 is 80.1 Å². The van der Waals surface area contributed by atoms with Gasteiger partial charge in [0, 0.05) is 45.5 Å². The molecule has 118 heavy (non-hydrogen) atoms. The molecule has 1 N–H and O–H groups in total. The lowest BCUT2D eigenvalue weighted by Crippen LogP contribution is -2.42. The van der Waals surface area contributed by atoms with Crippen molar-refractivity contribution >= 4 is 111 Å². The lowest BCUT2D eigenvalue weighted by molar-refractivity contribution is -0.122. The summed E-state index contributed by atoms with van der Waals surface area (Å²) in [6, 6.07) is 44.7. The fourth-order valence-electron chi connectivity index (χ4n) is 13.4. The summed E-state index contributed by atoms with van der Waals surface area (Å²) in [5.74, 6) is -1.29. The first-order valence-corrected chi connectivity index (χ1v) is 38.9. The molecule has 2 amide bonds. The van der Waals surface area contributed by atoms with Crippen molar-refractivity contribution in [3.05, 3.63) is 257 Å². The van der Waals surface area contributed by atoms with Gasteiger partial charge in [-0.3, -0.25) is 19.4 Å². The van der Waals surface area contributed by atoms with Crippen LogP contribution in [0.5, 0.6) is 11.5 Å². The predicted molar refractivity (Wildman–Crippen MR) is 447 cm³/mol. The summed E-state index contributed by atoms with van der Waals surface area (Å²) >= 11 is 12.9. The van der Waals surface area contributed by atoms with E-state index in [1.165, 1.54) is 48.5 Å². The number of aliphatic imine (C=N–C) groups is 1. The number of benzodiazepines with no additional fused rings is 1. The highest BCUT2D eigenvalue weighted by atomic mass is 35.5. The second kappa shape index (κ2) is 34.2. The number of halogens is 4. The number of carbonyl (C=O) groups is 7. The highest BCUT2D eigenvalue weighted by Gasteiger charge is 2.52. The van der Waals surface area contributed by atoms with Gasteiger partial charge >= 0.3 is 42.9 Å². The van der Waals surface area contributed by atoms with Crippen LogP contribution in [0.2, 0.25) is 10.0 Å². The van der Waals surface area contributed by atoms with Crippen molar-refractivity contribution in [2.24, 2.45) is 4.99 Å². The summed E-state index contributed by atoms with van der Waals surface area (Å²) in [6.07, 6.45) is -3.05. The van der Waals surface area contributed by atoms with E-state index in [0.717, 1.165) is 35.0 Å². The Morgan fingerprint density at radius 1 is 0.500 bits per heavy atom. The molecule has 0 aliphatic carbocycles. The summed E-state index contributed by atoms with van der Waals surface area (Å²) in [6.45, 7) is 27.9. The molecule has 29 heteroatoms. The fourth-order valence-corrected chi connectivity index (χ4v) is 13.8. The molecule has 0 saturated carbocycles. The molecule has 8 aromatic carbocycles. The number of benzene rings is 8. The molecule has 618 valence electrons. The molecule has 0 radical (unpaired) electrons. The third kappa shape index (κ3) is 19.8. The number of rotatable bonds is 12. The molecule has 3 atom stereocenters. The van der Waals surface area contributed by atoms with E-state index in [4.69, 9.17) is 65.9 Å². The number of Topliss-reactive ketones (excluding diaryl/α,β-unsaturated/α-hetero) is 1. The largest absolute Gasteiger partial charge is 0.497 e. The number of anilines is 1. The Kier molecular flexibility index (Phi) is 25.3. The minimum absolute atomic E-state index is 0.00609. The van der Waals surface area contributed by atoms with Gasteiger partial charge in [-0.2, -0.15) is 18.3 Å². The standard InChI is InChI=1S/C41H40ClFN4O7.C25H21ClFNO3.C23H33BN2O7/c1-40(2,3)53-38(50)46-33-18-14-26(21-34(33)47(37(46)49)39(51)54-41(4,5)6)35-29-22-27(43)15-19-32(29)45(23-24-12-16-28(52-7)17-13-24)36(48)31(44-35)20-25-10-8-9-11-30(25)42;1-31-18-9-6-15(7-10-18)12-20-19-11-8-17(27)14-21(19)25(30)28-23(24(20)29)13-16-4-2-3-5-22(16)26;1-20(2,3)30-18(28)25-15-12-11-14(24-32-22(7,8)23(9,10)33-24)13-16(15)26(17(25)27)19(29)31-21(4,5)6/h8-19,21-22,31H,20,23H2,1-7H3;2-11,14,20,23H,12-13H2,1H3,(H,28,30);11-13H,1-10H3. The van der Waals surface area contributed by atoms with Crippen LogP contribution >= 0.6 is 23.2 Å². The summed E-state index contributed by atoms with van der Waals surface area (Å²) in [5, 5.41) is 3.77. The molecule has 3 aliphatic rings. The molecule has 24 nitrogen and oxygen atoms in total. The average Bonchev–Trinajstić information content (AvgIpc) is 1.59. The van der Waals surface area contributed by atoms with E-state index in [0.29, 0.717) is 55.8 Å². The van der Waals surface area contributed by atoms with E-state index in [1.807, 2.05) is 88.4 Å². The minimum atomic E-state index is -1.04. The van der Waals surface area contributed by atoms with Crippen molar-refractivity contribution in [3.8, 4) is 11.5 Å². The van der Waals surface area contributed by atoms with Gasteiger partial charge in [0.05, 0.1) is 71.5 Å². The maximum absolute atomic E-state index is 15.3. The van der Waals surface area contributed by atoms with Crippen molar-refractivity contribution in [2.75, 3.05) is 19.1 Å². The maximum atomic E-state index is 15.3. The lowest BCUT2D eigenvalue weighted by atomic mass is 9.79. The van der Waals surface area contributed by atoms with Crippen LogP contribution in [0.25, 0.3) is 22.1 Å². The Morgan fingerprint density at radius 3 is 1.41 bits per heavy atom. The monoisotopic (exact) mass is 1650 g/mol. The molecule has 3 unspecified atom stereocenters. The third-order valence-corrected chi connectivity index (χ3v) is 20.4. The molecular formula is C89H94BCl2F2N7O17. The molecule has 5 heterocycles. The van der Waals surface area contributed by atoms with Crippen LogP contribution in [-0.2, 0) is 63.7 Å². The first-order chi connectivity index (χ1) is 55.2. The molecule has 1 fully saturated rings. The molecule has 1 saturated heterocycles. The zero-order valence-electron chi connectivity index (χ0n) is 68.9. The second-order valence-electron chi connectivity index (χ2n) is 33.7. The molecule has 3 aliphatic heterocycles. The van der Waals surface area contributed by atoms with Crippen LogP contribution < -0.4 is 36.5 Å². The van der Waals surface area contributed by atoms with E-state index < -0.39 is 112 Å². The van der Waals surface area contributed by atoms with Gasteiger partial charge in [0.1, 0.15) is 51.6 Å². The number of ketones is 1. The number of nitrogens with zero attached hydrogens (tertiary/aromatic N) is 6. The number of hydrogen-bond acceptors (Lipinski definition) is 18. The first kappa shape index (κ1) is 87.3. The highest BCUT2D eigenvalue weighted by molar-refractivity contribution is 6.62. The van der Waals surface area contributed by atoms with E-state index >= 15 is 4.39 Å². The summed E-state index contributed by atoms with van der Waals surface area (Å²) < 4.78 is 77.0. The summed E-state index contributed by atoms with van der Waals surface area (Å²) in [5.41, 5.74) is -0.522. The van der Waals surface area contributed by atoms with Crippen LogP contribution in [0.1, 0.15) is 166 Å². The zero-order chi connectivity index (χ0) is 86.2. The van der Waals surface area contributed by atoms with Crippen LogP contribution in [0.15, 0.2) is 184 Å². The number of amides is 2. The molecule has 0 bridgehead atoms. The molecule has 2 aromatic heterocycles. The molecular weight excluding hydrogens is 1560 g/mol. The van der Waals surface area contributed by atoms with Crippen molar-refractivity contribution in [3.63, 3.8) is 0 Å². The minimum Gasteiger partial charge on any atom is -0.497 e. The summed E-state index contributed by atoms with van der Waals surface area (Å²) in [7, 11) is 2.43. The van der Waals surface area contributed by atoms with E-state index in [-0.39, 0.29) is 70.0 Å².